The number of nitrogens with zero attached hydrogens (tertiary/aromatic N) is 2. The molecule has 0 bridgehead atoms. The molecule has 1 aromatic carbocycles. The van der Waals surface area contributed by atoms with Gasteiger partial charge in [0.25, 0.3) is 0 Å². The molecule has 1 aliphatic heterocycles. The van der Waals surface area contributed by atoms with E-state index < -0.39 is 18.0 Å². The maximum absolute atomic E-state index is 14.2. The van der Waals surface area contributed by atoms with Crippen LogP contribution in [0.25, 0.3) is 0 Å². The minimum absolute atomic E-state index is 0.217. The zero-order chi connectivity index (χ0) is 17.0. The first-order chi connectivity index (χ1) is 10.9. The Morgan fingerprint density at radius 1 is 1.39 bits per heavy atom. The molecule has 1 heterocycles. The van der Waals surface area contributed by atoms with Crippen LogP contribution in [-0.4, -0.2) is 60.1 Å². The molecule has 0 radical (unpaired) electrons. The summed E-state index contributed by atoms with van der Waals surface area (Å²) in [5.74, 6) is -0.646. The van der Waals surface area contributed by atoms with Gasteiger partial charge in [-0.25, -0.2) is 9.18 Å². The van der Waals surface area contributed by atoms with Crippen LogP contribution >= 0.6 is 0 Å². The Hall–Kier alpha value is -2.15. The van der Waals surface area contributed by atoms with Crippen molar-refractivity contribution in [3.8, 4) is 0 Å². The lowest BCUT2D eigenvalue weighted by Crippen LogP contribution is -2.51. The number of piperidine rings is 1. The Morgan fingerprint density at radius 3 is 2.70 bits per heavy atom. The van der Waals surface area contributed by atoms with Gasteiger partial charge in [0, 0.05) is 32.2 Å². The van der Waals surface area contributed by atoms with E-state index in [0.717, 1.165) is 6.42 Å². The van der Waals surface area contributed by atoms with Crippen molar-refractivity contribution in [3.63, 3.8) is 0 Å². The van der Waals surface area contributed by atoms with Crippen LogP contribution < -0.4 is 5.32 Å². The minimum Gasteiger partial charge on any atom is -0.465 e. The Bertz CT molecular complexity index is 579. The molecule has 6 nitrogen and oxygen atoms in total. The second-order valence-electron chi connectivity index (χ2n) is 5.94. The number of hydrogen-bond donors (Lipinski definition) is 2. The fourth-order valence-corrected chi connectivity index (χ4v) is 2.96. The highest BCUT2D eigenvalue weighted by atomic mass is 19.1. The van der Waals surface area contributed by atoms with Gasteiger partial charge in [-0.2, -0.15) is 0 Å². The van der Waals surface area contributed by atoms with E-state index in [4.69, 9.17) is 5.11 Å². The number of carbonyl (C=O) groups excluding carboxylic acids is 1. The maximum atomic E-state index is 14.2. The zero-order valence-corrected chi connectivity index (χ0v) is 13.3. The predicted octanol–water partition coefficient (Wildman–Crippen LogP) is 1.69. The summed E-state index contributed by atoms with van der Waals surface area (Å²) in [4.78, 5) is 26.7. The Morgan fingerprint density at radius 2 is 2.09 bits per heavy atom. The van der Waals surface area contributed by atoms with Crippen molar-refractivity contribution in [2.45, 2.75) is 24.9 Å². The molecular weight excluding hydrogens is 301 g/mol. The average molecular weight is 323 g/mol. The summed E-state index contributed by atoms with van der Waals surface area (Å²) in [6.45, 7) is 1.00. The van der Waals surface area contributed by atoms with E-state index in [1.54, 1.807) is 32.3 Å². The summed E-state index contributed by atoms with van der Waals surface area (Å²) in [7, 11) is 3.26. The average Bonchev–Trinajstić information content (AvgIpc) is 2.49. The molecule has 1 aromatic rings. The lowest BCUT2D eigenvalue weighted by Gasteiger charge is -2.38. The predicted molar refractivity (Wildman–Crippen MR) is 83.6 cm³/mol. The molecule has 2 amide bonds. The highest BCUT2D eigenvalue weighted by molar-refractivity contribution is 5.83. The smallest absolute Gasteiger partial charge is 0.404 e. The van der Waals surface area contributed by atoms with Crippen molar-refractivity contribution in [3.05, 3.63) is 35.6 Å². The Balaban J connectivity index is 2.28. The summed E-state index contributed by atoms with van der Waals surface area (Å²) in [5, 5.41) is 11.3. The van der Waals surface area contributed by atoms with Gasteiger partial charge in [-0.3, -0.25) is 9.69 Å². The van der Waals surface area contributed by atoms with Gasteiger partial charge in [0.15, 0.2) is 0 Å². The van der Waals surface area contributed by atoms with Gasteiger partial charge in [-0.15, -0.1) is 0 Å². The first-order valence-electron chi connectivity index (χ1n) is 7.59. The van der Waals surface area contributed by atoms with Gasteiger partial charge in [-0.1, -0.05) is 18.2 Å². The molecule has 1 fully saturated rings. The summed E-state index contributed by atoms with van der Waals surface area (Å²) < 4.78 is 14.2. The summed E-state index contributed by atoms with van der Waals surface area (Å²) in [5.41, 5.74) is 0.321. The van der Waals surface area contributed by atoms with E-state index in [-0.39, 0.29) is 11.9 Å². The Labute approximate surface area is 134 Å². The van der Waals surface area contributed by atoms with Crippen LogP contribution in [0.1, 0.15) is 24.4 Å². The molecule has 0 saturated carbocycles. The molecule has 1 saturated heterocycles. The van der Waals surface area contributed by atoms with E-state index in [9.17, 15) is 14.0 Å². The molecule has 0 aromatic heterocycles. The van der Waals surface area contributed by atoms with Gasteiger partial charge in [0.1, 0.15) is 11.9 Å². The van der Waals surface area contributed by atoms with Crippen LogP contribution in [-0.2, 0) is 4.79 Å². The number of rotatable bonds is 4. The van der Waals surface area contributed by atoms with E-state index in [2.05, 4.69) is 5.32 Å². The number of halogens is 1. The Kier molecular flexibility index (Phi) is 5.54. The number of hydrogen-bond acceptors (Lipinski definition) is 3. The number of likely N-dealkylation sites (tertiary alicyclic amines) is 1. The van der Waals surface area contributed by atoms with Crippen molar-refractivity contribution in [1.82, 2.24) is 15.1 Å². The largest absolute Gasteiger partial charge is 0.465 e. The molecule has 126 valence electrons. The fourth-order valence-electron chi connectivity index (χ4n) is 2.96. The van der Waals surface area contributed by atoms with Crippen LogP contribution in [0, 0.1) is 5.82 Å². The van der Waals surface area contributed by atoms with E-state index in [1.165, 1.54) is 11.0 Å². The van der Waals surface area contributed by atoms with Gasteiger partial charge < -0.3 is 15.3 Å². The van der Waals surface area contributed by atoms with Crippen molar-refractivity contribution in [2.24, 2.45) is 0 Å². The van der Waals surface area contributed by atoms with Crippen LogP contribution in [0.2, 0.25) is 0 Å². The van der Waals surface area contributed by atoms with E-state index in [0.29, 0.717) is 25.1 Å². The topological polar surface area (TPSA) is 72.9 Å². The lowest BCUT2D eigenvalue weighted by atomic mass is 9.98. The molecule has 7 heteroatoms. The molecule has 2 N–H and O–H groups in total. The molecule has 0 spiro atoms. The van der Waals surface area contributed by atoms with Crippen molar-refractivity contribution >= 4 is 12.0 Å². The van der Waals surface area contributed by atoms with Crippen molar-refractivity contribution in [1.29, 1.82) is 0 Å². The third-order valence-electron chi connectivity index (χ3n) is 4.02. The first kappa shape index (κ1) is 17.2. The molecule has 2 atom stereocenters. The SMILES string of the molecule is CN(C)C(=O)C(c1ccccc1F)N1CCC[C@@H](NC(=O)O)C1. The molecule has 0 aliphatic carbocycles. The van der Waals surface area contributed by atoms with Crippen molar-refractivity contribution < 1.29 is 19.1 Å². The third-order valence-corrected chi connectivity index (χ3v) is 4.02. The standard InChI is InChI=1S/C16H22FN3O3/c1-19(2)15(21)14(12-7-3-4-8-13(12)17)20-9-5-6-11(10-20)18-16(22)23/h3-4,7-8,11,14,18H,5-6,9-10H2,1-2H3,(H,22,23)/t11-,14?/m1/s1. The number of nitrogens with one attached hydrogen (secondary N) is 1. The van der Waals surface area contributed by atoms with Crippen molar-refractivity contribution in [2.75, 3.05) is 27.2 Å². The molecule has 23 heavy (non-hydrogen) atoms. The summed E-state index contributed by atoms with van der Waals surface area (Å²) in [6.07, 6.45) is 0.373. The molecular formula is C16H22FN3O3. The van der Waals surface area contributed by atoms with E-state index in [1.807, 2.05) is 4.90 Å². The molecule has 1 unspecified atom stereocenters. The monoisotopic (exact) mass is 323 g/mol. The van der Waals surface area contributed by atoms with Gasteiger partial charge in [0.2, 0.25) is 5.91 Å². The number of benzene rings is 1. The quantitative estimate of drug-likeness (QED) is 0.884. The highest BCUT2D eigenvalue weighted by Crippen LogP contribution is 2.28. The fraction of sp³-hybridized carbons (Fsp3) is 0.500. The van der Waals surface area contributed by atoms with Gasteiger partial charge in [-0.05, 0) is 25.5 Å². The minimum atomic E-state index is -1.08. The first-order valence-corrected chi connectivity index (χ1v) is 7.59. The zero-order valence-electron chi connectivity index (χ0n) is 13.3. The highest BCUT2D eigenvalue weighted by Gasteiger charge is 2.34. The second-order valence-corrected chi connectivity index (χ2v) is 5.94. The number of amides is 2. The maximum Gasteiger partial charge on any atom is 0.404 e. The van der Waals surface area contributed by atoms with E-state index >= 15 is 0 Å². The number of carbonyl (C=O) groups is 2. The van der Waals surface area contributed by atoms with Crippen LogP contribution in [0.15, 0.2) is 24.3 Å². The second kappa shape index (κ2) is 7.41. The third kappa shape index (κ3) is 4.19. The number of likely N-dealkylation sites (N-methyl/N-ethyl adjacent to an activating group) is 1. The van der Waals surface area contributed by atoms with Gasteiger partial charge in [0.05, 0.1) is 0 Å². The molecule has 1 aliphatic rings. The van der Waals surface area contributed by atoms with Gasteiger partial charge >= 0.3 is 6.09 Å². The van der Waals surface area contributed by atoms with Crippen LogP contribution in [0.3, 0.4) is 0 Å². The number of carboxylic acid groups (broad SMARTS) is 1. The molecule has 2 rings (SSSR count). The van der Waals surface area contributed by atoms with Crippen LogP contribution in [0.5, 0.6) is 0 Å². The van der Waals surface area contributed by atoms with Crippen LogP contribution in [0.4, 0.5) is 9.18 Å². The summed E-state index contributed by atoms with van der Waals surface area (Å²) in [6, 6.07) is 5.22. The lowest BCUT2D eigenvalue weighted by molar-refractivity contribution is -0.135. The summed E-state index contributed by atoms with van der Waals surface area (Å²) >= 11 is 0. The normalized spacial score (nSPS) is 19.9.